The minimum Gasteiger partial charge on any atom is -0.314 e. The number of nitrogens with zero attached hydrogens (tertiary/aromatic N) is 1. The summed E-state index contributed by atoms with van der Waals surface area (Å²) in [6, 6.07) is 0. The van der Waals surface area contributed by atoms with Crippen LogP contribution >= 0.6 is 12.4 Å². The number of Topliss-reactive ketones (excluding diaryl/α,β-unsaturated/α-hetero) is 1. The lowest BCUT2D eigenvalue weighted by Crippen LogP contribution is -2.47. The number of nitrogens with one attached hydrogen (secondary N) is 1. The van der Waals surface area contributed by atoms with Crippen LogP contribution in [0.3, 0.4) is 0 Å². The molecule has 1 heterocycles. The molecule has 1 atom stereocenters. The van der Waals surface area contributed by atoms with Gasteiger partial charge in [-0.3, -0.25) is 9.69 Å². The number of rotatable bonds is 3. The predicted molar refractivity (Wildman–Crippen MR) is 72.6 cm³/mol. The van der Waals surface area contributed by atoms with E-state index in [2.05, 4.69) is 16.3 Å². The quantitative estimate of drug-likeness (QED) is 0.829. The average molecular weight is 257 g/mol. The van der Waals surface area contributed by atoms with Crippen molar-refractivity contribution in [2.75, 3.05) is 32.7 Å². The summed E-state index contributed by atoms with van der Waals surface area (Å²) >= 11 is 0. The first-order valence-electron chi connectivity index (χ1n) is 6.01. The van der Waals surface area contributed by atoms with Crippen molar-refractivity contribution in [1.82, 2.24) is 10.2 Å². The molecule has 4 heteroatoms. The number of halogens is 1. The molecular formula is C13H21ClN2O. The fraction of sp³-hybridized carbons (Fsp3) is 0.615. The Morgan fingerprint density at radius 3 is 2.65 bits per heavy atom. The van der Waals surface area contributed by atoms with E-state index in [0.717, 1.165) is 32.6 Å². The van der Waals surface area contributed by atoms with Crippen LogP contribution in [0.4, 0.5) is 0 Å². The molecule has 0 aromatic rings. The number of piperazine rings is 1. The molecule has 96 valence electrons. The highest BCUT2D eigenvalue weighted by Crippen LogP contribution is 2.28. The highest BCUT2D eigenvalue weighted by atomic mass is 35.5. The van der Waals surface area contributed by atoms with Gasteiger partial charge in [0.1, 0.15) is 0 Å². The monoisotopic (exact) mass is 256 g/mol. The van der Waals surface area contributed by atoms with Crippen molar-refractivity contribution in [1.29, 1.82) is 0 Å². The molecule has 0 spiro atoms. The van der Waals surface area contributed by atoms with E-state index in [1.54, 1.807) is 0 Å². The third-order valence-corrected chi connectivity index (χ3v) is 3.47. The summed E-state index contributed by atoms with van der Waals surface area (Å²) in [5, 5.41) is 3.30. The van der Waals surface area contributed by atoms with Gasteiger partial charge in [-0.15, -0.1) is 12.4 Å². The summed E-state index contributed by atoms with van der Waals surface area (Å²) in [6.45, 7) is 6.61. The van der Waals surface area contributed by atoms with Gasteiger partial charge in [0.2, 0.25) is 0 Å². The van der Waals surface area contributed by atoms with Crippen molar-refractivity contribution in [3.05, 3.63) is 24.3 Å². The molecule has 0 saturated carbocycles. The van der Waals surface area contributed by atoms with E-state index in [1.807, 2.05) is 25.2 Å². The first-order valence-corrected chi connectivity index (χ1v) is 6.01. The molecule has 1 aliphatic heterocycles. The van der Waals surface area contributed by atoms with Crippen molar-refractivity contribution >= 4 is 18.2 Å². The Bertz CT molecular complexity index is 321. The third kappa shape index (κ3) is 3.66. The van der Waals surface area contributed by atoms with Crippen LogP contribution in [-0.4, -0.2) is 43.4 Å². The maximum atomic E-state index is 12.2. The standard InChI is InChI=1S/C13H20N2O.ClH/c1-13(5-3-2-4-6-13)12(16)11-15-9-7-14-8-10-15;/h2-5,14H,6-11H2,1H3;1H. The summed E-state index contributed by atoms with van der Waals surface area (Å²) in [6.07, 6.45) is 8.96. The van der Waals surface area contributed by atoms with Crippen LogP contribution < -0.4 is 5.32 Å². The summed E-state index contributed by atoms with van der Waals surface area (Å²) in [5.74, 6) is 0.343. The zero-order valence-electron chi connectivity index (χ0n) is 10.3. The molecule has 1 aliphatic carbocycles. The van der Waals surface area contributed by atoms with Gasteiger partial charge in [-0.1, -0.05) is 24.3 Å². The van der Waals surface area contributed by atoms with Crippen molar-refractivity contribution in [3.8, 4) is 0 Å². The Morgan fingerprint density at radius 2 is 2.06 bits per heavy atom. The van der Waals surface area contributed by atoms with Crippen molar-refractivity contribution in [2.45, 2.75) is 13.3 Å². The van der Waals surface area contributed by atoms with E-state index in [-0.39, 0.29) is 17.8 Å². The van der Waals surface area contributed by atoms with Crippen LogP contribution in [-0.2, 0) is 4.79 Å². The summed E-state index contributed by atoms with van der Waals surface area (Å²) in [4.78, 5) is 14.5. The lowest BCUT2D eigenvalue weighted by Gasteiger charge is -2.31. The molecule has 3 nitrogen and oxygen atoms in total. The largest absolute Gasteiger partial charge is 0.314 e. The van der Waals surface area contributed by atoms with Crippen LogP contribution in [0.5, 0.6) is 0 Å². The minimum atomic E-state index is -0.278. The second-order valence-electron chi connectivity index (χ2n) is 4.86. The van der Waals surface area contributed by atoms with Gasteiger partial charge in [0.15, 0.2) is 5.78 Å². The number of hydrogen-bond donors (Lipinski definition) is 1. The first-order chi connectivity index (χ1) is 7.71. The normalized spacial score (nSPS) is 28.8. The maximum absolute atomic E-state index is 12.2. The topological polar surface area (TPSA) is 32.3 Å². The molecule has 0 bridgehead atoms. The van der Waals surface area contributed by atoms with Gasteiger partial charge in [0, 0.05) is 31.6 Å². The Labute approximate surface area is 109 Å². The van der Waals surface area contributed by atoms with Gasteiger partial charge < -0.3 is 5.32 Å². The van der Waals surface area contributed by atoms with E-state index in [9.17, 15) is 4.79 Å². The van der Waals surface area contributed by atoms with E-state index >= 15 is 0 Å². The first kappa shape index (κ1) is 14.4. The highest BCUT2D eigenvalue weighted by molar-refractivity contribution is 5.88. The SMILES string of the molecule is CC1(C(=O)CN2CCNCC2)C=CC=CC1.Cl. The molecule has 17 heavy (non-hydrogen) atoms. The maximum Gasteiger partial charge on any atom is 0.156 e. The molecule has 1 fully saturated rings. The molecule has 2 aliphatic rings. The lowest BCUT2D eigenvalue weighted by molar-refractivity contribution is -0.126. The van der Waals surface area contributed by atoms with Crippen LogP contribution in [0.1, 0.15) is 13.3 Å². The van der Waals surface area contributed by atoms with E-state index in [1.165, 1.54) is 0 Å². The number of carbonyl (C=O) groups excluding carboxylic acids is 1. The smallest absolute Gasteiger partial charge is 0.156 e. The van der Waals surface area contributed by atoms with Gasteiger partial charge in [-0.25, -0.2) is 0 Å². The molecule has 1 saturated heterocycles. The van der Waals surface area contributed by atoms with Crippen LogP contribution in [0, 0.1) is 5.41 Å². The second kappa shape index (κ2) is 6.34. The average Bonchev–Trinajstić information content (AvgIpc) is 2.31. The Hall–Kier alpha value is -0.640. The fourth-order valence-electron chi connectivity index (χ4n) is 2.19. The van der Waals surface area contributed by atoms with E-state index < -0.39 is 0 Å². The molecule has 2 rings (SSSR count). The van der Waals surface area contributed by atoms with Crippen LogP contribution in [0.15, 0.2) is 24.3 Å². The highest BCUT2D eigenvalue weighted by Gasteiger charge is 2.31. The Balaban J connectivity index is 0.00000144. The van der Waals surface area contributed by atoms with Crippen molar-refractivity contribution in [2.24, 2.45) is 5.41 Å². The van der Waals surface area contributed by atoms with Crippen LogP contribution in [0.2, 0.25) is 0 Å². The number of hydrogen-bond acceptors (Lipinski definition) is 3. The van der Waals surface area contributed by atoms with Crippen molar-refractivity contribution < 1.29 is 4.79 Å². The summed E-state index contributed by atoms with van der Waals surface area (Å²) < 4.78 is 0. The van der Waals surface area contributed by atoms with Gasteiger partial charge in [-0.2, -0.15) is 0 Å². The van der Waals surface area contributed by atoms with Gasteiger partial charge in [0.05, 0.1) is 6.54 Å². The van der Waals surface area contributed by atoms with Gasteiger partial charge >= 0.3 is 0 Å². The molecule has 0 aromatic carbocycles. The van der Waals surface area contributed by atoms with Gasteiger partial charge in [0.25, 0.3) is 0 Å². The fourth-order valence-corrected chi connectivity index (χ4v) is 2.19. The number of allylic oxidation sites excluding steroid dienone is 4. The Kier molecular flexibility index (Phi) is 5.37. The van der Waals surface area contributed by atoms with E-state index in [4.69, 9.17) is 0 Å². The summed E-state index contributed by atoms with van der Waals surface area (Å²) in [7, 11) is 0. The molecule has 1 N–H and O–H groups in total. The minimum absolute atomic E-state index is 0. The molecule has 0 radical (unpaired) electrons. The zero-order chi connectivity index (χ0) is 11.4. The number of carbonyl (C=O) groups is 1. The van der Waals surface area contributed by atoms with Gasteiger partial charge in [-0.05, 0) is 13.3 Å². The van der Waals surface area contributed by atoms with Crippen LogP contribution in [0.25, 0.3) is 0 Å². The Morgan fingerprint density at radius 1 is 1.35 bits per heavy atom. The van der Waals surface area contributed by atoms with E-state index in [0.29, 0.717) is 12.3 Å². The molecule has 0 aromatic heterocycles. The molecule has 1 unspecified atom stereocenters. The second-order valence-corrected chi connectivity index (χ2v) is 4.86. The lowest BCUT2D eigenvalue weighted by atomic mass is 9.79. The molecule has 0 amide bonds. The zero-order valence-corrected chi connectivity index (χ0v) is 11.1. The molecular weight excluding hydrogens is 236 g/mol. The number of ketones is 1. The van der Waals surface area contributed by atoms with Crippen molar-refractivity contribution in [3.63, 3.8) is 0 Å². The summed E-state index contributed by atoms with van der Waals surface area (Å²) in [5.41, 5.74) is -0.278. The predicted octanol–water partition coefficient (Wildman–Crippen LogP) is 1.40. The third-order valence-electron chi connectivity index (χ3n) is 3.47.